The zero-order chi connectivity index (χ0) is 27.6. The van der Waals surface area contributed by atoms with Crippen molar-refractivity contribution < 1.29 is 19.7 Å². The smallest absolute Gasteiger partial charge is 0.319 e. The van der Waals surface area contributed by atoms with E-state index < -0.39 is 24.5 Å². The lowest BCUT2D eigenvalue weighted by molar-refractivity contribution is -0.0423. The number of nitrogens with zero attached hydrogens (tertiary/aromatic N) is 5. The number of aromatic nitrogens is 4. The van der Waals surface area contributed by atoms with Gasteiger partial charge in [-0.3, -0.25) is 4.57 Å². The van der Waals surface area contributed by atoms with Crippen LogP contribution in [-0.4, -0.2) is 85.2 Å². The first-order valence-corrected chi connectivity index (χ1v) is 12.7. The number of amides is 2. The molecular formula is C26H38N8O4. The summed E-state index contributed by atoms with van der Waals surface area (Å²) in [6.07, 6.45) is -0.265. The molecule has 4 rings (SSSR count). The largest absolute Gasteiger partial charge is 0.387 e. The Morgan fingerprint density at radius 3 is 2.58 bits per heavy atom. The van der Waals surface area contributed by atoms with Gasteiger partial charge in [-0.2, -0.15) is 0 Å². The highest BCUT2D eigenvalue weighted by Gasteiger charge is 2.44. The van der Waals surface area contributed by atoms with Crippen molar-refractivity contribution in [1.82, 2.24) is 29.7 Å². The molecule has 1 aromatic carbocycles. The fourth-order valence-electron chi connectivity index (χ4n) is 4.50. The Morgan fingerprint density at radius 1 is 1.18 bits per heavy atom. The molecule has 3 heterocycles. The van der Waals surface area contributed by atoms with Crippen molar-refractivity contribution in [3.8, 4) is 0 Å². The number of nitrogens with two attached hydrogens (primary N) is 1. The molecule has 3 aromatic rings. The van der Waals surface area contributed by atoms with Gasteiger partial charge in [0, 0.05) is 18.3 Å². The lowest BCUT2D eigenvalue weighted by Crippen LogP contribution is -2.41. The lowest BCUT2D eigenvalue weighted by Gasteiger charge is -2.24. The van der Waals surface area contributed by atoms with Crippen molar-refractivity contribution in [3.05, 3.63) is 42.5 Å². The second-order valence-electron chi connectivity index (χ2n) is 11.0. The van der Waals surface area contributed by atoms with Gasteiger partial charge in [0.25, 0.3) is 0 Å². The van der Waals surface area contributed by atoms with Crippen LogP contribution in [-0.2, 0) is 10.2 Å². The summed E-state index contributed by atoms with van der Waals surface area (Å²) >= 11 is 0. The van der Waals surface area contributed by atoms with Gasteiger partial charge in [0.2, 0.25) is 0 Å². The van der Waals surface area contributed by atoms with Crippen LogP contribution in [0.25, 0.3) is 11.2 Å². The second-order valence-corrected chi connectivity index (χ2v) is 11.0. The summed E-state index contributed by atoms with van der Waals surface area (Å²) in [6.45, 7) is 9.41. The Balaban J connectivity index is 1.25. The summed E-state index contributed by atoms with van der Waals surface area (Å²) in [4.78, 5) is 26.7. The Morgan fingerprint density at radius 2 is 1.89 bits per heavy atom. The molecule has 0 spiro atoms. The molecule has 2 amide bonds. The fourth-order valence-corrected chi connectivity index (χ4v) is 4.50. The number of aliphatic hydroxyl groups is 2. The van der Waals surface area contributed by atoms with E-state index in [4.69, 9.17) is 10.5 Å². The maximum absolute atomic E-state index is 12.4. The van der Waals surface area contributed by atoms with Crippen LogP contribution in [0.4, 0.5) is 16.3 Å². The van der Waals surface area contributed by atoms with Crippen molar-refractivity contribution in [1.29, 1.82) is 0 Å². The Labute approximate surface area is 222 Å². The molecule has 0 bridgehead atoms. The number of nitrogen functional groups attached to an aromatic ring is 1. The number of imidazole rings is 1. The molecule has 1 saturated heterocycles. The number of hydrogen-bond donors (Lipinski definition) is 5. The maximum atomic E-state index is 12.4. The molecule has 2 aromatic heterocycles. The Hall–Kier alpha value is -3.32. The number of carbonyl (C=O) groups is 1. The van der Waals surface area contributed by atoms with Gasteiger partial charge in [-0.25, -0.2) is 19.7 Å². The molecule has 1 aliphatic heterocycles. The van der Waals surface area contributed by atoms with Crippen LogP contribution in [0.1, 0.15) is 45.9 Å². The summed E-state index contributed by atoms with van der Waals surface area (Å²) in [6, 6.07) is 7.51. The van der Waals surface area contributed by atoms with E-state index in [1.54, 1.807) is 4.57 Å². The zero-order valence-corrected chi connectivity index (χ0v) is 22.5. The van der Waals surface area contributed by atoms with Gasteiger partial charge in [0.15, 0.2) is 17.7 Å². The Kier molecular flexibility index (Phi) is 8.16. The minimum atomic E-state index is -1.16. The summed E-state index contributed by atoms with van der Waals surface area (Å²) < 4.78 is 7.57. The minimum absolute atomic E-state index is 0.0528. The van der Waals surface area contributed by atoms with E-state index in [1.165, 1.54) is 18.2 Å². The quantitative estimate of drug-likeness (QED) is 0.295. The predicted molar refractivity (Wildman–Crippen MR) is 145 cm³/mol. The minimum Gasteiger partial charge on any atom is -0.387 e. The van der Waals surface area contributed by atoms with Gasteiger partial charge in [0.1, 0.15) is 30.2 Å². The van der Waals surface area contributed by atoms with Crippen molar-refractivity contribution in [2.75, 3.05) is 31.2 Å². The summed E-state index contributed by atoms with van der Waals surface area (Å²) in [7, 11) is 1.90. The van der Waals surface area contributed by atoms with Gasteiger partial charge in [-0.1, -0.05) is 32.9 Å². The normalized spacial score (nSPS) is 22.6. The molecule has 0 saturated carbocycles. The van der Waals surface area contributed by atoms with Crippen molar-refractivity contribution in [3.63, 3.8) is 0 Å². The van der Waals surface area contributed by atoms with E-state index in [0.717, 1.165) is 5.69 Å². The summed E-state index contributed by atoms with van der Waals surface area (Å²) in [5.41, 5.74) is 8.67. The standard InChI is InChI=1S/C26H38N8O4/c1-15(31-25(37)32-17-8-6-16(7-9-17)26(2,3)4)10-11-33(5)12-18-20(35)21(36)24(38-18)34-14-30-19-22(27)28-13-29-23(19)34/h6-9,13-15,18,20-21,24,35-36H,10-12H2,1-5H3,(H2,27,28,29)(H2,31,32,37)/t15-,18?,20-,21-,24?/m1/s1. The van der Waals surface area contributed by atoms with Crippen LogP contribution < -0.4 is 16.4 Å². The van der Waals surface area contributed by atoms with Crippen molar-refractivity contribution >= 4 is 28.7 Å². The van der Waals surface area contributed by atoms with E-state index in [9.17, 15) is 15.0 Å². The number of aliphatic hydroxyl groups excluding tert-OH is 2. The van der Waals surface area contributed by atoms with Crippen LogP contribution in [0.5, 0.6) is 0 Å². The summed E-state index contributed by atoms with van der Waals surface area (Å²) in [5, 5.41) is 27.1. The average Bonchev–Trinajstić information content (AvgIpc) is 3.40. The third-order valence-electron chi connectivity index (χ3n) is 6.82. The third-order valence-corrected chi connectivity index (χ3v) is 6.82. The number of urea groups is 1. The molecule has 6 N–H and O–H groups in total. The van der Waals surface area contributed by atoms with E-state index in [-0.39, 0.29) is 23.3 Å². The topological polar surface area (TPSA) is 164 Å². The number of nitrogens with one attached hydrogen (secondary N) is 2. The van der Waals surface area contributed by atoms with Gasteiger partial charge in [0.05, 0.1) is 6.33 Å². The number of carbonyl (C=O) groups excluding carboxylic acids is 1. The number of likely N-dealkylation sites (N-methyl/N-ethyl adjacent to an activating group) is 1. The molecule has 0 aliphatic carbocycles. The van der Waals surface area contributed by atoms with E-state index in [1.807, 2.05) is 43.1 Å². The van der Waals surface area contributed by atoms with Crippen LogP contribution >= 0.6 is 0 Å². The van der Waals surface area contributed by atoms with Crippen LogP contribution in [0.3, 0.4) is 0 Å². The third kappa shape index (κ3) is 6.21. The van der Waals surface area contributed by atoms with E-state index >= 15 is 0 Å². The van der Waals surface area contributed by atoms with Gasteiger partial charge in [-0.05, 0) is 50.0 Å². The lowest BCUT2D eigenvalue weighted by atomic mass is 9.87. The van der Waals surface area contributed by atoms with E-state index in [0.29, 0.717) is 30.7 Å². The van der Waals surface area contributed by atoms with E-state index in [2.05, 4.69) is 46.4 Å². The number of hydrogen-bond acceptors (Lipinski definition) is 9. The highest BCUT2D eigenvalue weighted by Crippen LogP contribution is 2.32. The molecule has 206 valence electrons. The molecule has 12 heteroatoms. The monoisotopic (exact) mass is 526 g/mol. The highest BCUT2D eigenvalue weighted by molar-refractivity contribution is 5.89. The first-order chi connectivity index (χ1) is 17.9. The molecule has 12 nitrogen and oxygen atoms in total. The second kappa shape index (κ2) is 11.2. The molecule has 38 heavy (non-hydrogen) atoms. The summed E-state index contributed by atoms with van der Waals surface area (Å²) in [5.74, 6) is 0.230. The highest BCUT2D eigenvalue weighted by atomic mass is 16.6. The van der Waals surface area contributed by atoms with Crippen molar-refractivity contribution in [2.45, 2.75) is 70.1 Å². The van der Waals surface area contributed by atoms with Crippen LogP contribution in [0, 0.1) is 0 Å². The molecule has 5 atom stereocenters. The molecule has 2 unspecified atom stereocenters. The fraction of sp³-hybridized carbons (Fsp3) is 0.538. The number of fused-ring (bicyclic) bond motifs is 1. The van der Waals surface area contributed by atoms with Gasteiger partial charge in [-0.15, -0.1) is 0 Å². The molecule has 1 aliphatic rings. The number of rotatable bonds is 8. The zero-order valence-electron chi connectivity index (χ0n) is 22.5. The number of benzene rings is 1. The van der Waals surface area contributed by atoms with Crippen LogP contribution in [0.2, 0.25) is 0 Å². The number of anilines is 2. The molecule has 0 radical (unpaired) electrons. The molecular weight excluding hydrogens is 488 g/mol. The first kappa shape index (κ1) is 27.7. The first-order valence-electron chi connectivity index (χ1n) is 12.7. The molecule has 1 fully saturated rings. The van der Waals surface area contributed by atoms with Crippen molar-refractivity contribution in [2.24, 2.45) is 0 Å². The Bertz CT molecular complexity index is 1240. The average molecular weight is 527 g/mol. The van der Waals surface area contributed by atoms with Gasteiger partial charge < -0.3 is 36.2 Å². The number of ether oxygens (including phenoxy) is 1. The SMILES string of the molecule is C[C@H](CCN(C)CC1OC(n2cnc3c(N)ncnc32)[C@H](O)[C@@H]1O)NC(=O)Nc1ccc(C(C)(C)C)cc1. The van der Waals surface area contributed by atoms with Gasteiger partial charge >= 0.3 is 6.03 Å². The predicted octanol–water partition coefficient (Wildman–Crippen LogP) is 1.86. The van der Waals surface area contributed by atoms with Crippen LogP contribution in [0.15, 0.2) is 36.9 Å². The maximum Gasteiger partial charge on any atom is 0.319 e.